The minimum atomic E-state index is -0.851. The summed E-state index contributed by atoms with van der Waals surface area (Å²) in [5.74, 6) is -0.0948. The van der Waals surface area contributed by atoms with E-state index in [1.165, 1.54) is 0 Å². The van der Waals surface area contributed by atoms with Gasteiger partial charge in [0.2, 0.25) is 0 Å². The zero-order chi connectivity index (χ0) is 9.84. The van der Waals surface area contributed by atoms with Gasteiger partial charge in [-0.25, -0.2) is 9.97 Å². The third-order valence-electron chi connectivity index (χ3n) is 1.79. The lowest BCUT2D eigenvalue weighted by molar-refractivity contribution is -0.136. The number of nitrogens with zero attached hydrogens (tertiary/aromatic N) is 2. The molecule has 0 atom stereocenters. The van der Waals surface area contributed by atoms with Gasteiger partial charge in [-0.05, 0) is 6.92 Å². The van der Waals surface area contributed by atoms with Gasteiger partial charge in [0.1, 0.15) is 5.82 Å². The molecule has 0 amide bonds. The lowest BCUT2D eigenvalue weighted by atomic mass is 10.2. The first-order valence-corrected chi connectivity index (χ1v) is 4.16. The van der Waals surface area contributed by atoms with Crippen molar-refractivity contribution in [3.63, 3.8) is 0 Å². The maximum Gasteiger partial charge on any atom is 0.307 e. The SMILES string of the molecule is CCc1ncc(CC(=O)O)c(C)n1. The van der Waals surface area contributed by atoms with Crippen molar-refractivity contribution < 1.29 is 9.90 Å². The standard InChI is InChI=1S/C9H12N2O2/c1-3-8-10-5-7(4-9(12)13)6(2)11-8/h5H,3-4H2,1-2H3,(H,12,13). The second kappa shape index (κ2) is 3.98. The quantitative estimate of drug-likeness (QED) is 0.753. The molecule has 0 saturated heterocycles. The van der Waals surface area contributed by atoms with Gasteiger partial charge in [0.15, 0.2) is 0 Å². The van der Waals surface area contributed by atoms with Crippen molar-refractivity contribution in [2.24, 2.45) is 0 Å². The van der Waals surface area contributed by atoms with Gasteiger partial charge in [-0.15, -0.1) is 0 Å². The fourth-order valence-electron chi connectivity index (χ4n) is 1.05. The summed E-state index contributed by atoms with van der Waals surface area (Å²) < 4.78 is 0. The Morgan fingerprint density at radius 2 is 2.31 bits per heavy atom. The van der Waals surface area contributed by atoms with Crippen molar-refractivity contribution in [3.05, 3.63) is 23.3 Å². The highest BCUT2D eigenvalue weighted by molar-refractivity contribution is 5.70. The average molecular weight is 180 g/mol. The molecule has 0 saturated carbocycles. The molecule has 0 spiro atoms. The Labute approximate surface area is 76.7 Å². The topological polar surface area (TPSA) is 63.1 Å². The summed E-state index contributed by atoms with van der Waals surface area (Å²) in [6.45, 7) is 3.77. The van der Waals surface area contributed by atoms with Gasteiger partial charge >= 0.3 is 5.97 Å². The van der Waals surface area contributed by atoms with Crippen molar-refractivity contribution in [2.75, 3.05) is 0 Å². The van der Waals surface area contributed by atoms with Crippen LogP contribution in [0.5, 0.6) is 0 Å². The number of carboxylic acids is 1. The molecule has 0 bridgehead atoms. The van der Waals surface area contributed by atoms with E-state index in [9.17, 15) is 4.79 Å². The molecule has 0 aliphatic carbocycles. The Morgan fingerprint density at radius 1 is 1.62 bits per heavy atom. The van der Waals surface area contributed by atoms with Crippen molar-refractivity contribution in [1.82, 2.24) is 9.97 Å². The minimum Gasteiger partial charge on any atom is -0.481 e. The number of aryl methyl sites for hydroxylation is 2. The van der Waals surface area contributed by atoms with Crippen molar-refractivity contribution in [3.8, 4) is 0 Å². The number of aliphatic carboxylic acids is 1. The number of carboxylic acid groups (broad SMARTS) is 1. The molecule has 0 aliphatic rings. The molecule has 1 N–H and O–H groups in total. The van der Waals surface area contributed by atoms with E-state index in [4.69, 9.17) is 5.11 Å². The van der Waals surface area contributed by atoms with Crippen molar-refractivity contribution >= 4 is 5.97 Å². The normalized spacial score (nSPS) is 10.0. The summed E-state index contributed by atoms with van der Waals surface area (Å²) in [6.07, 6.45) is 2.36. The average Bonchev–Trinajstić information content (AvgIpc) is 2.08. The molecule has 13 heavy (non-hydrogen) atoms. The highest BCUT2D eigenvalue weighted by Gasteiger charge is 2.05. The molecule has 1 rings (SSSR count). The Balaban J connectivity index is 2.91. The van der Waals surface area contributed by atoms with Gasteiger partial charge in [-0.1, -0.05) is 6.92 Å². The van der Waals surface area contributed by atoms with Crippen molar-refractivity contribution in [2.45, 2.75) is 26.7 Å². The number of aromatic nitrogens is 2. The van der Waals surface area contributed by atoms with Gasteiger partial charge < -0.3 is 5.11 Å². The van der Waals surface area contributed by atoms with E-state index >= 15 is 0 Å². The molecule has 1 aromatic heterocycles. The summed E-state index contributed by atoms with van der Waals surface area (Å²) in [5, 5.41) is 8.56. The van der Waals surface area contributed by atoms with E-state index in [2.05, 4.69) is 9.97 Å². The number of hydrogen-bond acceptors (Lipinski definition) is 3. The maximum atomic E-state index is 10.4. The van der Waals surface area contributed by atoms with Crippen LogP contribution in [0.2, 0.25) is 0 Å². The minimum absolute atomic E-state index is 0.00414. The molecule has 0 radical (unpaired) electrons. The van der Waals surface area contributed by atoms with Crippen LogP contribution in [0.25, 0.3) is 0 Å². The van der Waals surface area contributed by atoms with Crippen LogP contribution in [0.4, 0.5) is 0 Å². The molecule has 70 valence electrons. The van der Waals surface area contributed by atoms with Crippen LogP contribution < -0.4 is 0 Å². The lowest BCUT2D eigenvalue weighted by Gasteiger charge is -2.02. The Bertz CT molecular complexity index is 323. The fourth-order valence-corrected chi connectivity index (χ4v) is 1.05. The zero-order valence-electron chi connectivity index (χ0n) is 7.74. The summed E-state index contributed by atoms with van der Waals surface area (Å²) in [6, 6.07) is 0. The van der Waals surface area contributed by atoms with E-state index < -0.39 is 5.97 Å². The summed E-state index contributed by atoms with van der Waals surface area (Å²) in [5.41, 5.74) is 1.44. The molecule has 1 heterocycles. The van der Waals surface area contributed by atoms with Crippen LogP contribution in [0.3, 0.4) is 0 Å². The number of hydrogen-bond donors (Lipinski definition) is 1. The van der Waals surface area contributed by atoms with Crippen molar-refractivity contribution in [1.29, 1.82) is 0 Å². The van der Waals surface area contributed by atoms with Crippen LogP contribution in [-0.2, 0) is 17.6 Å². The summed E-state index contributed by atoms with van der Waals surface area (Å²) in [7, 11) is 0. The summed E-state index contributed by atoms with van der Waals surface area (Å²) >= 11 is 0. The Hall–Kier alpha value is -1.45. The van der Waals surface area contributed by atoms with E-state index in [0.717, 1.165) is 17.9 Å². The maximum absolute atomic E-state index is 10.4. The largest absolute Gasteiger partial charge is 0.481 e. The number of rotatable bonds is 3. The van der Waals surface area contributed by atoms with E-state index in [0.29, 0.717) is 5.56 Å². The first-order valence-electron chi connectivity index (χ1n) is 4.16. The molecule has 4 nitrogen and oxygen atoms in total. The Morgan fingerprint density at radius 3 is 2.77 bits per heavy atom. The number of carbonyl (C=O) groups is 1. The molecular weight excluding hydrogens is 168 g/mol. The molecule has 0 aliphatic heterocycles. The summed E-state index contributed by atoms with van der Waals surface area (Å²) in [4.78, 5) is 18.6. The highest BCUT2D eigenvalue weighted by atomic mass is 16.4. The third-order valence-corrected chi connectivity index (χ3v) is 1.79. The van der Waals surface area contributed by atoms with E-state index in [1.54, 1.807) is 13.1 Å². The zero-order valence-corrected chi connectivity index (χ0v) is 7.74. The fraction of sp³-hybridized carbons (Fsp3) is 0.444. The van der Waals surface area contributed by atoms with Gasteiger partial charge in [-0.2, -0.15) is 0 Å². The van der Waals surface area contributed by atoms with Crippen LogP contribution in [-0.4, -0.2) is 21.0 Å². The highest BCUT2D eigenvalue weighted by Crippen LogP contribution is 2.05. The van der Waals surface area contributed by atoms with Gasteiger partial charge in [0, 0.05) is 23.9 Å². The second-order valence-corrected chi connectivity index (χ2v) is 2.82. The molecule has 1 aromatic rings. The third kappa shape index (κ3) is 2.50. The van der Waals surface area contributed by atoms with Crippen LogP contribution in [0, 0.1) is 6.92 Å². The first kappa shape index (κ1) is 9.64. The van der Waals surface area contributed by atoms with Gasteiger partial charge in [0.05, 0.1) is 6.42 Å². The first-order chi connectivity index (χ1) is 6.13. The molecule has 0 fully saturated rings. The molecule has 0 unspecified atom stereocenters. The Kier molecular flexibility index (Phi) is 2.95. The molecular formula is C9H12N2O2. The predicted octanol–water partition coefficient (Wildman–Crippen LogP) is 0.975. The van der Waals surface area contributed by atoms with Gasteiger partial charge in [0.25, 0.3) is 0 Å². The van der Waals surface area contributed by atoms with Crippen LogP contribution in [0.15, 0.2) is 6.20 Å². The smallest absolute Gasteiger partial charge is 0.307 e. The monoisotopic (exact) mass is 180 g/mol. The molecule has 0 aromatic carbocycles. The van der Waals surface area contributed by atoms with Crippen LogP contribution >= 0.6 is 0 Å². The van der Waals surface area contributed by atoms with E-state index in [-0.39, 0.29) is 6.42 Å². The lowest BCUT2D eigenvalue weighted by Crippen LogP contribution is -2.06. The predicted molar refractivity (Wildman–Crippen MR) is 47.5 cm³/mol. The molecule has 4 heteroatoms. The second-order valence-electron chi connectivity index (χ2n) is 2.82. The van der Waals surface area contributed by atoms with E-state index in [1.807, 2.05) is 6.92 Å². The van der Waals surface area contributed by atoms with Gasteiger partial charge in [-0.3, -0.25) is 4.79 Å². The van der Waals surface area contributed by atoms with Crippen LogP contribution in [0.1, 0.15) is 24.0 Å².